The minimum atomic E-state index is -0.517. The summed E-state index contributed by atoms with van der Waals surface area (Å²) >= 11 is 0. The molecule has 0 aliphatic heterocycles. The number of nitro groups is 1. The molecule has 1 rings (SSSR count). The lowest BCUT2D eigenvalue weighted by Crippen LogP contribution is -1.98. The topological polar surface area (TPSA) is 61.6 Å². The normalized spacial score (nSPS) is 9.64. The van der Waals surface area contributed by atoms with E-state index in [0.29, 0.717) is 0 Å². The quantitative estimate of drug-likeness (QED) is 0.548. The number of ether oxygens (including phenoxy) is 2. The molecule has 0 N–H and O–H groups in total. The van der Waals surface area contributed by atoms with Gasteiger partial charge in [-0.15, -0.1) is 0 Å². The highest BCUT2D eigenvalue weighted by Crippen LogP contribution is 2.37. The summed E-state index contributed by atoms with van der Waals surface area (Å²) in [6.45, 7) is 1.81. The fourth-order valence-electron chi connectivity index (χ4n) is 1.20. The third-order valence-electron chi connectivity index (χ3n) is 1.81. The number of rotatable bonds is 3. The first-order valence-corrected chi connectivity index (χ1v) is 3.97. The van der Waals surface area contributed by atoms with Crippen molar-refractivity contribution >= 4 is 5.69 Å². The molecule has 0 unspecified atom stereocenters. The lowest BCUT2D eigenvalue weighted by atomic mass is 10.2. The average molecular weight is 197 g/mol. The van der Waals surface area contributed by atoms with Crippen LogP contribution in [0.25, 0.3) is 0 Å². The number of benzene rings is 1. The van der Waals surface area contributed by atoms with E-state index in [1.165, 1.54) is 14.2 Å². The van der Waals surface area contributed by atoms with Crippen molar-refractivity contribution in [1.29, 1.82) is 0 Å². The zero-order valence-electron chi connectivity index (χ0n) is 8.23. The smallest absolute Gasteiger partial charge is 0.352 e. The standard InChI is InChI=1S/C9H11NO4/c1-6-4-7(13-2)9(10(11)12)8(5-6)14-3/h4-5H,1-3H3. The molecular formula is C9H11NO4. The van der Waals surface area contributed by atoms with E-state index in [4.69, 9.17) is 9.47 Å². The van der Waals surface area contributed by atoms with Crippen LogP contribution in [0.3, 0.4) is 0 Å². The molecule has 5 heteroatoms. The highest BCUT2D eigenvalue weighted by atomic mass is 16.6. The van der Waals surface area contributed by atoms with E-state index in [0.717, 1.165) is 5.56 Å². The Balaban J connectivity index is 3.40. The van der Waals surface area contributed by atoms with Crippen LogP contribution in [0.2, 0.25) is 0 Å². The molecule has 0 spiro atoms. The monoisotopic (exact) mass is 197 g/mol. The van der Waals surface area contributed by atoms with E-state index in [1.807, 2.05) is 6.92 Å². The lowest BCUT2D eigenvalue weighted by molar-refractivity contribution is -0.386. The summed E-state index contributed by atoms with van der Waals surface area (Å²) in [6, 6.07) is 3.20. The molecule has 14 heavy (non-hydrogen) atoms. The summed E-state index contributed by atoms with van der Waals surface area (Å²) in [5, 5.41) is 10.7. The van der Waals surface area contributed by atoms with Crippen molar-refractivity contribution in [3.8, 4) is 11.5 Å². The predicted octanol–water partition coefficient (Wildman–Crippen LogP) is 1.92. The van der Waals surface area contributed by atoms with Crippen molar-refractivity contribution in [1.82, 2.24) is 0 Å². The first-order valence-electron chi connectivity index (χ1n) is 3.97. The maximum absolute atomic E-state index is 10.7. The van der Waals surface area contributed by atoms with Crippen LogP contribution in [-0.4, -0.2) is 19.1 Å². The SMILES string of the molecule is COc1cc(C)cc(OC)c1[N+](=O)[O-]. The third-order valence-corrected chi connectivity index (χ3v) is 1.81. The van der Waals surface area contributed by atoms with E-state index >= 15 is 0 Å². The van der Waals surface area contributed by atoms with E-state index < -0.39 is 4.92 Å². The van der Waals surface area contributed by atoms with Crippen LogP contribution in [0.5, 0.6) is 11.5 Å². The molecule has 0 saturated heterocycles. The second-order valence-electron chi connectivity index (χ2n) is 2.78. The van der Waals surface area contributed by atoms with E-state index in [2.05, 4.69) is 0 Å². The molecule has 5 nitrogen and oxygen atoms in total. The van der Waals surface area contributed by atoms with Crippen molar-refractivity contribution in [2.45, 2.75) is 6.92 Å². The van der Waals surface area contributed by atoms with Gasteiger partial charge in [-0.05, 0) is 24.6 Å². The summed E-state index contributed by atoms with van der Waals surface area (Å²) in [5.74, 6) is 0.429. The molecule has 0 aliphatic rings. The van der Waals surface area contributed by atoms with Gasteiger partial charge in [-0.2, -0.15) is 0 Å². The second kappa shape index (κ2) is 3.95. The van der Waals surface area contributed by atoms with Crippen molar-refractivity contribution < 1.29 is 14.4 Å². The van der Waals surface area contributed by atoms with Gasteiger partial charge in [0.25, 0.3) is 0 Å². The number of nitro benzene ring substituents is 1. The van der Waals surface area contributed by atoms with E-state index in [-0.39, 0.29) is 17.2 Å². The first-order chi connectivity index (χ1) is 6.60. The molecule has 0 amide bonds. The van der Waals surface area contributed by atoms with Crippen molar-refractivity contribution in [3.05, 3.63) is 27.8 Å². The average Bonchev–Trinajstić information content (AvgIpc) is 2.15. The van der Waals surface area contributed by atoms with Gasteiger partial charge in [0, 0.05) is 0 Å². The Hall–Kier alpha value is -1.78. The van der Waals surface area contributed by atoms with Gasteiger partial charge < -0.3 is 9.47 Å². The van der Waals surface area contributed by atoms with Gasteiger partial charge in [-0.1, -0.05) is 0 Å². The lowest BCUT2D eigenvalue weighted by Gasteiger charge is -2.07. The second-order valence-corrected chi connectivity index (χ2v) is 2.78. The fraction of sp³-hybridized carbons (Fsp3) is 0.333. The number of methoxy groups -OCH3 is 2. The molecule has 0 radical (unpaired) electrons. The van der Waals surface area contributed by atoms with Gasteiger partial charge in [0.2, 0.25) is 11.5 Å². The van der Waals surface area contributed by atoms with Gasteiger partial charge in [0.15, 0.2) is 0 Å². The van der Waals surface area contributed by atoms with Crippen LogP contribution in [0.4, 0.5) is 5.69 Å². The van der Waals surface area contributed by atoms with Gasteiger partial charge in [0.1, 0.15) is 0 Å². The molecule has 0 saturated carbocycles. The Labute approximate surface area is 81.4 Å². The number of hydrogen-bond acceptors (Lipinski definition) is 4. The Morgan fingerprint density at radius 1 is 1.21 bits per heavy atom. The molecule has 0 atom stereocenters. The Morgan fingerprint density at radius 2 is 1.64 bits per heavy atom. The van der Waals surface area contributed by atoms with Crippen molar-refractivity contribution in [2.24, 2.45) is 0 Å². The van der Waals surface area contributed by atoms with E-state index in [9.17, 15) is 10.1 Å². The summed E-state index contributed by atoms with van der Waals surface area (Å²) < 4.78 is 9.82. The molecule has 0 heterocycles. The van der Waals surface area contributed by atoms with Gasteiger partial charge in [-0.3, -0.25) is 10.1 Å². The van der Waals surface area contributed by atoms with Crippen LogP contribution in [0.15, 0.2) is 12.1 Å². The van der Waals surface area contributed by atoms with Gasteiger partial charge >= 0.3 is 5.69 Å². The van der Waals surface area contributed by atoms with Gasteiger partial charge in [0.05, 0.1) is 19.1 Å². The van der Waals surface area contributed by atoms with Crippen molar-refractivity contribution in [2.75, 3.05) is 14.2 Å². The number of aryl methyl sites for hydroxylation is 1. The fourth-order valence-corrected chi connectivity index (χ4v) is 1.20. The summed E-state index contributed by atoms with van der Waals surface area (Å²) in [6.07, 6.45) is 0. The number of hydrogen-bond donors (Lipinski definition) is 0. The zero-order chi connectivity index (χ0) is 10.7. The van der Waals surface area contributed by atoms with E-state index in [1.54, 1.807) is 12.1 Å². The molecule has 1 aromatic carbocycles. The maximum Gasteiger partial charge on any atom is 0.352 e. The zero-order valence-corrected chi connectivity index (χ0v) is 8.23. The largest absolute Gasteiger partial charge is 0.490 e. The highest BCUT2D eigenvalue weighted by molar-refractivity contribution is 5.59. The molecule has 0 bridgehead atoms. The Morgan fingerprint density at radius 3 is 1.93 bits per heavy atom. The van der Waals surface area contributed by atoms with Gasteiger partial charge in [-0.25, -0.2) is 0 Å². The van der Waals surface area contributed by atoms with Crippen LogP contribution >= 0.6 is 0 Å². The van der Waals surface area contributed by atoms with Crippen LogP contribution in [0.1, 0.15) is 5.56 Å². The predicted molar refractivity (Wildman–Crippen MR) is 50.9 cm³/mol. The number of nitrogens with zero attached hydrogens (tertiary/aromatic N) is 1. The molecule has 1 aromatic rings. The summed E-state index contributed by atoms with van der Waals surface area (Å²) in [5.41, 5.74) is 0.713. The maximum atomic E-state index is 10.7. The minimum Gasteiger partial charge on any atom is -0.490 e. The Bertz CT molecular complexity index is 337. The third kappa shape index (κ3) is 1.76. The van der Waals surface area contributed by atoms with Crippen LogP contribution < -0.4 is 9.47 Å². The minimum absolute atomic E-state index is 0.138. The van der Waals surface area contributed by atoms with Crippen LogP contribution in [0, 0.1) is 17.0 Å². The molecule has 0 aromatic heterocycles. The van der Waals surface area contributed by atoms with Crippen LogP contribution in [-0.2, 0) is 0 Å². The molecule has 76 valence electrons. The Kier molecular flexibility index (Phi) is 2.91. The summed E-state index contributed by atoms with van der Waals surface area (Å²) in [4.78, 5) is 10.2. The van der Waals surface area contributed by atoms with Crippen molar-refractivity contribution in [3.63, 3.8) is 0 Å². The molecule has 0 fully saturated rings. The molecular weight excluding hydrogens is 186 g/mol. The highest BCUT2D eigenvalue weighted by Gasteiger charge is 2.22. The first kappa shape index (κ1) is 10.3. The summed E-state index contributed by atoms with van der Waals surface area (Å²) in [7, 11) is 2.78. The molecule has 0 aliphatic carbocycles.